The topological polar surface area (TPSA) is 68.4 Å². The van der Waals surface area contributed by atoms with Crippen LogP contribution in [0.2, 0.25) is 0 Å². The number of primary amides is 1. The van der Waals surface area contributed by atoms with Crippen LogP contribution in [0.15, 0.2) is 0 Å². The fraction of sp³-hybridized carbons (Fsp3) is 0.667. The second-order valence-electron chi connectivity index (χ2n) is 4.28. The number of ether oxygens (including phenoxy) is 1. The molecule has 6 heteroatoms. The van der Waals surface area contributed by atoms with Crippen molar-refractivity contribution in [3.8, 4) is 0 Å². The van der Waals surface area contributed by atoms with E-state index >= 15 is 0 Å². The molecule has 2 N–H and O–H groups in total. The molecule has 0 bridgehead atoms. The van der Waals surface area contributed by atoms with Crippen LogP contribution in [0.5, 0.6) is 0 Å². The van der Waals surface area contributed by atoms with Gasteiger partial charge in [0.15, 0.2) is 0 Å². The quantitative estimate of drug-likeness (QED) is 0.806. The number of carbonyl (C=O) groups excluding carboxylic acids is 1. The molecular formula is C12H21N3O2S. The molecule has 0 saturated carbocycles. The van der Waals surface area contributed by atoms with Crippen LogP contribution in [0.4, 0.5) is 0 Å². The Bertz CT molecular complexity index is 406. The first kappa shape index (κ1) is 15.1. The lowest BCUT2D eigenvalue weighted by Crippen LogP contribution is -2.43. The van der Waals surface area contributed by atoms with E-state index in [1.165, 1.54) is 4.88 Å². The van der Waals surface area contributed by atoms with Gasteiger partial charge < -0.3 is 10.5 Å². The molecular weight excluding hydrogens is 250 g/mol. The van der Waals surface area contributed by atoms with Crippen molar-refractivity contribution in [1.82, 2.24) is 9.88 Å². The van der Waals surface area contributed by atoms with Gasteiger partial charge in [0.2, 0.25) is 5.91 Å². The first-order chi connectivity index (χ1) is 8.45. The van der Waals surface area contributed by atoms with Crippen LogP contribution in [-0.2, 0) is 16.1 Å². The van der Waals surface area contributed by atoms with Crippen LogP contribution < -0.4 is 5.73 Å². The molecule has 0 radical (unpaired) electrons. The van der Waals surface area contributed by atoms with Gasteiger partial charge in [0, 0.05) is 25.1 Å². The van der Waals surface area contributed by atoms with E-state index in [0.29, 0.717) is 19.7 Å². The Morgan fingerprint density at radius 2 is 2.22 bits per heavy atom. The SMILES string of the molecule is COCCN(Cc1sc(C)nc1C)C(C)C(N)=O. The zero-order valence-corrected chi connectivity index (χ0v) is 12.2. The van der Waals surface area contributed by atoms with Gasteiger partial charge >= 0.3 is 0 Å². The molecule has 1 rings (SSSR count). The number of aromatic nitrogens is 1. The molecule has 5 nitrogen and oxygen atoms in total. The summed E-state index contributed by atoms with van der Waals surface area (Å²) in [6.07, 6.45) is 0. The fourth-order valence-corrected chi connectivity index (χ4v) is 2.67. The van der Waals surface area contributed by atoms with Gasteiger partial charge in [-0.25, -0.2) is 4.98 Å². The van der Waals surface area contributed by atoms with Crippen molar-refractivity contribution in [1.29, 1.82) is 0 Å². The first-order valence-corrected chi connectivity index (χ1v) is 6.72. The summed E-state index contributed by atoms with van der Waals surface area (Å²) in [4.78, 5) is 18.9. The third-order valence-electron chi connectivity index (χ3n) is 2.89. The van der Waals surface area contributed by atoms with E-state index < -0.39 is 0 Å². The van der Waals surface area contributed by atoms with Crippen molar-refractivity contribution in [2.75, 3.05) is 20.3 Å². The molecule has 0 saturated heterocycles. The lowest BCUT2D eigenvalue weighted by Gasteiger charge is -2.26. The van der Waals surface area contributed by atoms with E-state index in [-0.39, 0.29) is 11.9 Å². The molecule has 1 aromatic rings. The van der Waals surface area contributed by atoms with E-state index in [0.717, 1.165) is 10.7 Å². The predicted molar refractivity (Wildman–Crippen MR) is 72.5 cm³/mol. The minimum atomic E-state index is -0.315. The maximum Gasteiger partial charge on any atom is 0.234 e. The summed E-state index contributed by atoms with van der Waals surface area (Å²) in [5, 5.41) is 1.04. The number of methoxy groups -OCH3 is 1. The Morgan fingerprint density at radius 3 is 2.67 bits per heavy atom. The third-order valence-corrected chi connectivity index (χ3v) is 3.95. The Labute approximate surface area is 112 Å². The number of hydrogen-bond acceptors (Lipinski definition) is 5. The number of nitrogens with two attached hydrogens (primary N) is 1. The van der Waals surface area contributed by atoms with Crippen LogP contribution in [0.3, 0.4) is 0 Å². The first-order valence-electron chi connectivity index (χ1n) is 5.91. The van der Waals surface area contributed by atoms with Gasteiger partial charge in [-0.15, -0.1) is 11.3 Å². The normalized spacial score (nSPS) is 12.9. The van der Waals surface area contributed by atoms with Crippen molar-refractivity contribution in [2.45, 2.75) is 33.4 Å². The molecule has 18 heavy (non-hydrogen) atoms. The largest absolute Gasteiger partial charge is 0.383 e. The van der Waals surface area contributed by atoms with Gasteiger partial charge in [-0.3, -0.25) is 9.69 Å². The summed E-state index contributed by atoms with van der Waals surface area (Å²) >= 11 is 1.66. The Hall–Kier alpha value is -0.980. The number of nitrogens with zero attached hydrogens (tertiary/aromatic N) is 2. The highest BCUT2D eigenvalue weighted by molar-refractivity contribution is 7.11. The minimum Gasteiger partial charge on any atom is -0.383 e. The van der Waals surface area contributed by atoms with E-state index in [2.05, 4.69) is 4.98 Å². The minimum absolute atomic E-state index is 0.304. The molecule has 0 spiro atoms. The second-order valence-corrected chi connectivity index (χ2v) is 5.57. The maximum atomic E-state index is 11.3. The zero-order chi connectivity index (χ0) is 13.7. The van der Waals surface area contributed by atoms with E-state index in [1.807, 2.05) is 25.7 Å². The van der Waals surface area contributed by atoms with Crippen molar-refractivity contribution < 1.29 is 9.53 Å². The van der Waals surface area contributed by atoms with Crippen LogP contribution in [0.1, 0.15) is 22.5 Å². The lowest BCUT2D eigenvalue weighted by atomic mass is 10.2. The van der Waals surface area contributed by atoms with Crippen LogP contribution >= 0.6 is 11.3 Å². The third kappa shape index (κ3) is 4.04. The highest BCUT2D eigenvalue weighted by Crippen LogP contribution is 2.20. The lowest BCUT2D eigenvalue weighted by molar-refractivity contribution is -0.123. The average Bonchev–Trinajstić information content (AvgIpc) is 2.62. The number of thiazole rings is 1. The Kier molecular flexibility index (Phi) is 5.71. The Balaban J connectivity index is 2.77. The highest BCUT2D eigenvalue weighted by atomic mass is 32.1. The van der Waals surface area contributed by atoms with E-state index in [1.54, 1.807) is 18.4 Å². The molecule has 0 fully saturated rings. The number of hydrogen-bond donors (Lipinski definition) is 1. The predicted octanol–water partition coefficient (Wildman–Crippen LogP) is 1.08. The van der Waals surface area contributed by atoms with Crippen molar-refractivity contribution in [2.24, 2.45) is 5.73 Å². The van der Waals surface area contributed by atoms with E-state index in [4.69, 9.17) is 10.5 Å². The molecule has 1 amide bonds. The molecule has 102 valence electrons. The van der Waals surface area contributed by atoms with Crippen LogP contribution in [0, 0.1) is 13.8 Å². The maximum absolute atomic E-state index is 11.3. The molecule has 1 unspecified atom stereocenters. The summed E-state index contributed by atoms with van der Waals surface area (Å²) in [5.74, 6) is -0.315. The average molecular weight is 271 g/mol. The van der Waals surface area contributed by atoms with Gasteiger partial charge in [-0.1, -0.05) is 0 Å². The molecule has 0 aromatic carbocycles. The van der Waals surface area contributed by atoms with Crippen molar-refractivity contribution in [3.63, 3.8) is 0 Å². The second kappa shape index (κ2) is 6.82. The van der Waals surface area contributed by atoms with Crippen molar-refractivity contribution >= 4 is 17.2 Å². The molecule has 1 atom stereocenters. The summed E-state index contributed by atoms with van der Waals surface area (Å²) in [7, 11) is 1.65. The highest BCUT2D eigenvalue weighted by Gasteiger charge is 2.20. The van der Waals surface area contributed by atoms with Gasteiger partial charge in [0.25, 0.3) is 0 Å². The van der Waals surface area contributed by atoms with Crippen molar-refractivity contribution in [3.05, 3.63) is 15.6 Å². The molecule has 1 aromatic heterocycles. The van der Waals surface area contributed by atoms with Gasteiger partial charge in [0.1, 0.15) is 0 Å². The summed E-state index contributed by atoms with van der Waals surface area (Å²) in [5.41, 5.74) is 6.40. The molecule has 1 heterocycles. The van der Waals surface area contributed by atoms with Crippen LogP contribution in [0.25, 0.3) is 0 Å². The standard InChI is InChI=1S/C12H21N3O2S/c1-8-11(18-10(3)14-8)7-15(5-6-17-4)9(2)12(13)16/h9H,5-7H2,1-4H3,(H2,13,16). The fourth-order valence-electron chi connectivity index (χ4n) is 1.70. The monoisotopic (exact) mass is 271 g/mol. The summed E-state index contributed by atoms with van der Waals surface area (Å²) in [6.45, 7) is 7.73. The molecule has 0 aliphatic heterocycles. The smallest absolute Gasteiger partial charge is 0.234 e. The number of aryl methyl sites for hydroxylation is 2. The van der Waals surface area contributed by atoms with Crippen LogP contribution in [-0.4, -0.2) is 42.1 Å². The molecule has 0 aliphatic carbocycles. The Morgan fingerprint density at radius 1 is 1.56 bits per heavy atom. The number of rotatable bonds is 7. The van der Waals surface area contributed by atoms with Gasteiger partial charge in [0.05, 0.1) is 23.4 Å². The number of carbonyl (C=O) groups is 1. The van der Waals surface area contributed by atoms with Gasteiger partial charge in [-0.05, 0) is 20.8 Å². The zero-order valence-electron chi connectivity index (χ0n) is 11.4. The summed E-state index contributed by atoms with van der Waals surface area (Å²) < 4.78 is 5.07. The summed E-state index contributed by atoms with van der Waals surface area (Å²) in [6, 6.07) is -0.304. The van der Waals surface area contributed by atoms with E-state index in [9.17, 15) is 4.79 Å². The van der Waals surface area contributed by atoms with Gasteiger partial charge in [-0.2, -0.15) is 0 Å². The molecule has 0 aliphatic rings. The number of amides is 1.